The summed E-state index contributed by atoms with van der Waals surface area (Å²) in [6, 6.07) is -0.489. The first-order valence-electron chi connectivity index (χ1n) is 6.06. The number of nitrogens with one attached hydrogen (secondary N) is 2. The van der Waals surface area contributed by atoms with E-state index in [-0.39, 0.29) is 25.0 Å². The Morgan fingerprint density at radius 1 is 1.50 bits per heavy atom. The van der Waals surface area contributed by atoms with Gasteiger partial charge in [0, 0.05) is 13.2 Å². The first-order valence-corrected chi connectivity index (χ1v) is 6.06. The second kappa shape index (κ2) is 4.93. The number of carbonyl (C=O) groups is 3. The van der Waals surface area contributed by atoms with Crippen molar-refractivity contribution in [3.8, 4) is 0 Å². The molecular formula is C11H17N3O4. The van der Waals surface area contributed by atoms with Crippen molar-refractivity contribution in [2.45, 2.75) is 25.3 Å². The minimum absolute atomic E-state index is 0.0273. The molecule has 4 amide bonds. The molecule has 0 aromatic carbocycles. The van der Waals surface area contributed by atoms with Gasteiger partial charge < -0.3 is 15.0 Å². The quantitative estimate of drug-likeness (QED) is 0.510. The predicted molar refractivity (Wildman–Crippen MR) is 61.7 cm³/mol. The number of amides is 4. The van der Waals surface area contributed by atoms with Crippen molar-refractivity contribution in [1.29, 1.82) is 0 Å². The topological polar surface area (TPSA) is 87.7 Å². The lowest BCUT2D eigenvalue weighted by molar-refractivity contribution is -0.135. The van der Waals surface area contributed by atoms with Gasteiger partial charge in [-0.3, -0.25) is 14.9 Å². The van der Waals surface area contributed by atoms with Gasteiger partial charge in [-0.15, -0.1) is 0 Å². The van der Waals surface area contributed by atoms with Gasteiger partial charge in [0.25, 0.3) is 5.91 Å². The van der Waals surface area contributed by atoms with E-state index >= 15 is 0 Å². The molecule has 1 unspecified atom stereocenters. The third-order valence-electron chi connectivity index (χ3n) is 3.21. The number of hydrogen-bond acceptors (Lipinski definition) is 4. The van der Waals surface area contributed by atoms with Gasteiger partial charge in [0.15, 0.2) is 0 Å². The highest BCUT2D eigenvalue weighted by molar-refractivity contribution is 6.07. The SMILES string of the molecule is CCCOCC(=O)N1CCC2(C1)NC(=O)NC2=O. The van der Waals surface area contributed by atoms with Crippen molar-refractivity contribution in [1.82, 2.24) is 15.5 Å². The molecule has 2 heterocycles. The van der Waals surface area contributed by atoms with Crippen LogP contribution in [0.25, 0.3) is 0 Å². The second-order valence-electron chi connectivity index (χ2n) is 4.61. The van der Waals surface area contributed by atoms with E-state index in [2.05, 4.69) is 10.6 Å². The van der Waals surface area contributed by atoms with E-state index in [4.69, 9.17) is 4.74 Å². The molecule has 2 aliphatic heterocycles. The zero-order valence-electron chi connectivity index (χ0n) is 10.3. The summed E-state index contributed by atoms with van der Waals surface area (Å²) < 4.78 is 5.18. The predicted octanol–water partition coefficient (Wildman–Crippen LogP) is -0.776. The molecule has 18 heavy (non-hydrogen) atoms. The molecule has 100 valence electrons. The maximum atomic E-state index is 11.8. The maximum Gasteiger partial charge on any atom is 0.322 e. The molecule has 0 radical (unpaired) electrons. The highest BCUT2D eigenvalue weighted by atomic mass is 16.5. The number of imide groups is 1. The van der Waals surface area contributed by atoms with Gasteiger partial charge in [-0.1, -0.05) is 6.92 Å². The number of likely N-dealkylation sites (tertiary alicyclic amines) is 1. The first-order chi connectivity index (χ1) is 8.57. The van der Waals surface area contributed by atoms with Crippen LogP contribution in [0.15, 0.2) is 0 Å². The summed E-state index contributed by atoms with van der Waals surface area (Å²) >= 11 is 0. The van der Waals surface area contributed by atoms with Crippen molar-refractivity contribution in [3.05, 3.63) is 0 Å². The highest BCUT2D eigenvalue weighted by Gasteiger charge is 2.51. The molecular weight excluding hydrogens is 238 g/mol. The fourth-order valence-electron chi connectivity index (χ4n) is 2.23. The van der Waals surface area contributed by atoms with E-state index in [0.717, 1.165) is 6.42 Å². The van der Waals surface area contributed by atoms with Crippen LogP contribution in [0.2, 0.25) is 0 Å². The third-order valence-corrected chi connectivity index (χ3v) is 3.21. The molecule has 0 aromatic heterocycles. The summed E-state index contributed by atoms with van der Waals surface area (Å²) in [4.78, 5) is 36.2. The smallest absolute Gasteiger partial charge is 0.322 e. The van der Waals surface area contributed by atoms with Gasteiger partial charge in [-0.05, 0) is 12.8 Å². The molecule has 7 heteroatoms. The van der Waals surface area contributed by atoms with Crippen LogP contribution in [0.5, 0.6) is 0 Å². The molecule has 1 atom stereocenters. The average Bonchev–Trinajstić information content (AvgIpc) is 2.85. The van der Waals surface area contributed by atoms with Gasteiger partial charge in [0.1, 0.15) is 12.1 Å². The number of rotatable bonds is 4. The van der Waals surface area contributed by atoms with Crippen molar-refractivity contribution in [2.24, 2.45) is 0 Å². The minimum atomic E-state index is -0.933. The van der Waals surface area contributed by atoms with E-state index in [9.17, 15) is 14.4 Å². The van der Waals surface area contributed by atoms with E-state index in [1.54, 1.807) is 4.90 Å². The Balaban J connectivity index is 1.90. The number of hydrogen-bond donors (Lipinski definition) is 2. The summed E-state index contributed by atoms with van der Waals surface area (Å²) in [6.07, 6.45) is 1.31. The van der Waals surface area contributed by atoms with E-state index in [0.29, 0.717) is 19.6 Å². The van der Waals surface area contributed by atoms with Gasteiger partial charge >= 0.3 is 6.03 Å². The molecule has 0 aliphatic carbocycles. The molecule has 0 aromatic rings. The van der Waals surface area contributed by atoms with Gasteiger partial charge in [-0.2, -0.15) is 0 Å². The molecule has 2 fully saturated rings. The van der Waals surface area contributed by atoms with Crippen LogP contribution in [-0.2, 0) is 14.3 Å². The zero-order chi connectivity index (χ0) is 13.2. The first kappa shape index (κ1) is 12.8. The Hall–Kier alpha value is -1.63. The minimum Gasteiger partial charge on any atom is -0.372 e. The lowest BCUT2D eigenvalue weighted by Crippen LogP contribution is -2.50. The number of ether oxygens (including phenoxy) is 1. The molecule has 2 rings (SSSR count). The zero-order valence-corrected chi connectivity index (χ0v) is 10.3. The van der Waals surface area contributed by atoms with Crippen LogP contribution in [0.4, 0.5) is 4.79 Å². The van der Waals surface area contributed by atoms with Crippen molar-refractivity contribution < 1.29 is 19.1 Å². The molecule has 2 saturated heterocycles. The summed E-state index contributed by atoms with van der Waals surface area (Å²) in [5.74, 6) is -0.494. The van der Waals surface area contributed by atoms with E-state index in [1.165, 1.54) is 0 Å². The Morgan fingerprint density at radius 3 is 2.89 bits per heavy atom. The molecule has 7 nitrogen and oxygen atoms in total. The van der Waals surface area contributed by atoms with Crippen LogP contribution < -0.4 is 10.6 Å². The third kappa shape index (κ3) is 2.31. The Kier molecular flexibility index (Phi) is 3.51. The molecule has 0 bridgehead atoms. The van der Waals surface area contributed by atoms with Crippen molar-refractivity contribution >= 4 is 17.8 Å². The fraction of sp³-hybridized carbons (Fsp3) is 0.727. The molecule has 2 aliphatic rings. The lowest BCUT2D eigenvalue weighted by atomic mass is 10.00. The summed E-state index contributed by atoms with van der Waals surface area (Å²) in [5.41, 5.74) is -0.933. The number of carbonyl (C=O) groups excluding carboxylic acids is 3. The summed E-state index contributed by atoms with van der Waals surface area (Å²) in [5, 5.41) is 4.80. The standard InChI is InChI=1S/C11H17N3O4/c1-2-5-18-6-8(15)14-4-3-11(7-14)9(16)12-10(17)13-11/h2-7H2,1H3,(H2,12,13,16,17). The number of urea groups is 1. The Morgan fingerprint density at radius 2 is 2.28 bits per heavy atom. The number of nitrogens with zero attached hydrogens (tertiary/aromatic N) is 1. The maximum absolute atomic E-state index is 11.8. The van der Waals surface area contributed by atoms with Gasteiger partial charge in [-0.25, -0.2) is 4.79 Å². The largest absolute Gasteiger partial charge is 0.372 e. The monoisotopic (exact) mass is 255 g/mol. The van der Waals surface area contributed by atoms with E-state index < -0.39 is 11.6 Å². The van der Waals surface area contributed by atoms with Crippen molar-refractivity contribution in [3.63, 3.8) is 0 Å². The van der Waals surface area contributed by atoms with Crippen LogP contribution >= 0.6 is 0 Å². The van der Waals surface area contributed by atoms with Gasteiger partial charge in [0.05, 0.1) is 6.54 Å². The molecule has 0 saturated carbocycles. The van der Waals surface area contributed by atoms with Crippen LogP contribution in [-0.4, -0.2) is 54.6 Å². The normalized spacial score (nSPS) is 26.6. The molecule has 1 spiro atoms. The van der Waals surface area contributed by atoms with Crippen molar-refractivity contribution in [2.75, 3.05) is 26.3 Å². The van der Waals surface area contributed by atoms with Gasteiger partial charge in [0.2, 0.25) is 5.91 Å². The highest BCUT2D eigenvalue weighted by Crippen LogP contribution is 2.24. The average molecular weight is 255 g/mol. The molecule has 2 N–H and O–H groups in total. The van der Waals surface area contributed by atoms with Crippen LogP contribution in [0.1, 0.15) is 19.8 Å². The van der Waals surface area contributed by atoms with Crippen LogP contribution in [0, 0.1) is 0 Å². The Labute approximate surface area is 105 Å². The van der Waals surface area contributed by atoms with Crippen LogP contribution in [0.3, 0.4) is 0 Å². The Bertz CT molecular complexity index is 384. The summed E-state index contributed by atoms with van der Waals surface area (Å²) in [6.45, 7) is 3.22. The second-order valence-corrected chi connectivity index (χ2v) is 4.61. The summed E-state index contributed by atoms with van der Waals surface area (Å²) in [7, 11) is 0. The lowest BCUT2D eigenvalue weighted by Gasteiger charge is -2.21. The van der Waals surface area contributed by atoms with E-state index in [1.807, 2.05) is 6.92 Å². The fourth-order valence-corrected chi connectivity index (χ4v) is 2.23.